The van der Waals surface area contributed by atoms with E-state index in [1.807, 2.05) is 18.2 Å². The van der Waals surface area contributed by atoms with E-state index in [9.17, 15) is 18.0 Å². The number of nitrogens with one attached hydrogen (secondary N) is 1. The number of benzene rings is 3. The molecule has 1 aliphatic heterocycles. The highest BCUT2D eigenvalue weighted by Gasteiger charge is 2.34. The average Bonchev–Trinajstić information content (AvgIpc) is 3.65. The maximum absolute atomic E-state index is 13.6. The predicted molar refractivity (Wildman–Crippen MR) is 176 cm³/mol. The summed E-state index contributed by atoms with van der Waals surface area (Å²) >= 11 is 7.38. The molecule has 3 aromatic carbocycles. The maximum atomic E-state index is 13.6. The van der Waals surface area contributed by atoms with Crippen molar-refractivity contribution in [1.82, 2.24) is 4.90 Å². The van der Waals surface area contributed by atoms with Crippen LogP contribution >= 0.6 is 23.4 Å². The molecule has 15 heteroatoms. The number of ether oxygens (including phenoxy) is 2. The number of rotatable bonds is 11. The van der Waals surface area contributed by atoms with Gasteiger partial charge in [-0.15, -0.1) is 5.10 Å². The number of hydrogen-bond acceptors (Lipinski definition) is 10. The smallest absolute Gasteiger partial charge is 0.267 e. The summed E-state index contributed by atoms with van der Waals surface area (Å²) < 4.78 is 39.5. The van der Waals surface area contributed by atoms with Gasteiger partial charge >= 0.3 is 0 Å². The van der Waals surface area contributed by atoms with Crippen molar-refractivity contribution in [2.45, 2.75) is 11.4 Å². The highest BCUT2D eigenvalue weighted by atomic mass is 35.5. The Bertz CT molecular complexity index is 1940. The van der Waals surface area contributed by atoms with E-state index in [1.54, 1.807) is 49.6 Å². The molecular weight excluding hydrogens is 654 g/mol. The number of anilines is 1. The van der Waals surface area contributed by atoms with E-state index >= 15 is 0 Å². The molecule has 0 saturated carbocycles. The molecule has 3 N–H and O–H groups in total. The minimum Gasteiger partial charge on any atom is -0.496 e. The fraction of sp³-hybridized carbons (Fsp3) is 0.0968. The normalized spacial score (nSPS) is 15.2. The first kappa shape index (κ1) is 32.5. The first-order valence-electron chi connectivity index (χ1n) is 13.4. The lowest BCUT2D eigenvalue weighted by Crippen LogP contribution is -2.28. The van der Waals surface area contributed by atoms with Gasteiger partial charge in [-0.3, -0.25) is 14.5 Å². The number of amides is 2. The molecule has 0 bridgehead atoms. The van der Waals surface area contributed by atoms with Gasteiger partial charge in [-0.05, 0) is 84.6 Å². The second-order valence-electron chi connectivity index (χ2n) is 9.54. The van der Waals surface area contributed by atoms with Gasteiger partial charge in [0.05, 0.1) is 35.9 Å². The summed E-state index contributed by atoms with van der Waals surface area (Å²) in [4.78, 5) is 27.8. The molecule has 236 valence electrons. The number of furan rings is 1. The Kier molecular flexibility index (Phi) is 10.2. The Balaban J connectivity index is 1.35. The predicted octanol–water partition coefficient (Wildman–Crippen LogP) is 5.11. The number of nitrogens with zero attached hydrogens (tertiary/aromatic N) is 3. The lowest BCUT2D eigenvalue weighted by atomic mass is 10.2. The fourth-order valence-corrected chi connectivity index (χ4v) is 5.79. The molecule has 0 spiro atoms. The van der Waals surface area contributed by atoms with E-state index in [-0.39, 0.29) is 24.0 Å². The van der Waals surface area contributed by atoms with Crippen molar-refractivity contribution in [2.24, 2.45) is 15.3 Å². The molecule has 1 saturated heterocycles. The second-order valence-corrected chi connectivity index (χ2v) is 12.5. The van der Waals surface area contributed by atoms with Gasteiger partial charge in [0.25, 0.3) is 11.8 Å². The topological polar surface area (TPSA) is 166 Å². The minimum atomic E-state index is -3.86. The van der Waals surface area contributed by atoms with E-state index in [0.717, 1.165) is 11.8 Å². The molecule has 0 aliphatic carbocycles. The number of halogens is 1. The van der Waals surface area contributed by atoms with Crippen LogP contribution < -0.4 is 19.9 Å². The standard InChI is InChI=1S/C31H26ClN5O7S2/c1-42-26-7-3-2-5-20(26)17-34-36-31-37(18-24-6-4-14-43-24)30(39)28(45-31)16-21-15-22(32)8-13-27(21)44-19-29(38)35-23-9-11-25(12-10-23)46(33,40)41/h2-17H,18-19H2,1H3,(H,35,38)(H2,33,40,41)/b28-16-,34-17-,36-31+. The maximum Gasteiger partial charge on any atom is 0.267 e. The number of carbonyl (C=O) groups is 2. The average molecular weight is 680 g/mol. The molecule has 4 aromatic rings. The number of methoxy groups -OCH3 is 1. The first-order chi connectivity index (χ1) is 22.1. The Morgan fingerprint density at radius 1 is 1.07 bits per heavy atom. The van der Waals surface area contributed by atoms with Crippen molar-refractivity contribution in [1.29, 1.82) is 0 Å². The molecule has 1 aliphatic rings. The van der Waals surface area contributed by atoms with E-state index in [2.05, 4.69) is 15.5 Å². The van der Waals surface area contributed by atoms with Crippen LogP contribution in [0.1, 0.15) is 16.9 Å². The first-order valence-corrected chi connectivity index (χ1v) is 16.2. The van der Waals surface area contributed by atoms with Crippen LogP contribution in [-0.2, 0) is 26.2 Å². The highest BCUT2D eigenvalue weighted by Crippen LogP contribution is 2.36. The van der Waals surface area contributed by atoms with Gasteiger partial charge in [0.2, 0.25) is 10.0 Å². The third-order valence-electron chi connectivity index (χ3n) is 6.34. The molecule has 1 aromatic heterocycles. The van der Waals surface area contributed by atoms with Crippen LogP contribution in [0.5, 0.6) is 11.5 Å². The van der Waals surface area contributed by atoms with E-state index in [0.29, 0.717) is 49.2 Å². The van der Waals surface area contributed by atoms with E-state index in [1.165, 1.54) is 41.6 Å². The summed E-state index contributed by atoms with van der Waals surface area (Å²) in [6.45, 7) is -0.263. The van der Waals surface area contributed by atoms with Crippen LogP contribution in [0.25, 0.3) is 6.08 Å². The van der Waals surface area contributed by atoms with Crippen molar-refractivity contribution in [3.05, 3.63) is 112 Å². The number of para-hydroxylation sites is 1. The van der Waals surface area contributed by atoms with Crippen LogP contribution in [-0.4, -0.2) is 50.2 Å². The fourth-order valence-electron chi connectivity index (χ4n) is 4.17. The number of primary sulfonamides is 1. The minimum absolute atomic E-state index is 0.0842. The van der Waals surface area contributed by atoms with Crippen LogP contribution in [0, 0.1) is 0 Å². The zero-order valence-corrected chi connectivity index (χ0v) is 26.5. The number of amidine groups is 1. The molecule has 2 amide bonds. The summed E-state index contributed by atoms with van der Waals surface area (Å²) in [5, 5.41) is 17.0. The van der Waals surface area contributed by atoms with Gasteiger partial charge in [0, 0.05) is 21.8 Å². The van der Waals surface area contributed by atoms with Crippen molar-refractivity contribution < 1.29 is 31.9 Å². The quantitative estimate of drug-likeness (QED) is 0.125. The van der Waals surface area contributed by atoms with Gasteiger partial charge in [0.15, 0.2) is 11.8 Å². The van der Waals surface area contributed by atoms with Crippen molar-refractivity contribution in [2.75, 3.05) is 19.0 Å². The summed E-state index contributed by atoms with van der Waals surface area (Å²) in [6, 6.07) is 20.9. The number of thioether (sulfide) groups is 1. The lowest BCUT2D eigenvalue weighted by Gasteiger charge is -2.13. The molecule has 5 rings (SSSR count). The molecule has 0 unspecified atom stereocenters. The van der Waals surface area contributed by atoms with Gasteiger partial charge in [-0.2, -0.15) is 5.10 Å². The molecule has 2 heterocycles. The Morgan fingerprint density at radius 3 is 2.57 bits per heavy atom. The number of sulfonamides is 1. The Morgan fingerprint density at radius 2 is 1.85 bits per heavy atom. The van der Waals surface area contributed by atoms with Gasteiger partial charge in [-0.1, -0.05) is 23.7 Å². The zero-order chi connectivity index (χ0) is 32.7. The van der Waals surface area contributed by atoms with Crippen molar-refractivity contribution in [3.63, 3.8) is 0 Å². The molecule has 12 nitrogen and oxygen atoms in total. The van der Waals surface area contributed by atoms with Gasteiger partial charge < -0.3 is 19.2 Å². The van der Waals surface area contributed by atoms with Gasteiger partial charge in [-0.25, -0.2) is 13.6 Å². The number of carbonyl (C=O) groups excluding carboxylic acids is 2. The summed E-state index contributed by atoms with van der Waals surface area (Å²) in [5.41, 5.74) is 1.51. The Labute approximate surface area is 273 Å². The third kappa shape index (κ3) is 8.22. The molecule has 0 radical (unpaired) electrons. The largest absolute Gasteiger partial charge is 0.496 e. The van der Waals surface area contributed by atoms with Crippen molar-refractivity contribution >= 4 is 68.3 Å². The SMILES string of the molecule is COc1ccccc1/C=N\N=C1\S/C(=C\c2cc(Cl)ccc2OCC(=O)Nc2ccc(S(N)(=O)=O)cc2)C(=O)N1Cc1ccco1. The highest BCUT2D eigenvalue weighted by molar-refractivity contribution is 8.18. The zero-order valence-electron chi connectivity index (χ0n) is 24.1. The molecule has 46 heavy (non-hydrogen) atoms. The summed E-state index contributed by atoms with van der Waals surface area (Å²) in [7, 11) is -2.30. The summed E-state index contributed by atoms with van der Waals surface area (Å²) in [6.07, 6.45) is 4.65. The van der Waals surface area contributed by atoms with Gasteiger partial charge in [0.1, 0.15) is 17.3 Å². The van der Waals surface area contributed by atoms with Crippen molar-refractivity contribution in [3.8, 4) is 11.5 Å². The molecular formula is C31H26ClN5O7S2. The van der Waals surface area contributed by atoms with Crippen LogP contribution in [0.4, 0.5) is 5.69 Å². The third-order valence-corrected chi connectivity index (χ3v) is 8.51. The second kappa shape index (κ2) is 14.5. The lowest BCUT2D eigenvalue weighted by molar-refractivity contribution is -0.122. The number of nitrogens with two attached hydrogens (primary N) is 1. The molecule has 1 fully saturated rings. The summed E-state index contributed by atoms with van der Waals surface area (Å²) in [5.74, 6) is 0.613. The van der Waals surface area contributed by atoms with Crippen LogP contribution in [0.15, 0.2) is 110 Å². The monoisotopic (exact) mass is 679 g/mol. The Hall–Kier alpha value is -4.89. The van der Waals surface area contributed by atoms with E-state index < -0.39 is 15.9 Å². The van der Waals surface area contributed by atoms with Crippen LogP contribution in [0.3, 0.4) is 0 Å². The van der Waals surface area contributed by atoms with E-state index in [4.69, 9.17) is 30.6 Å². The number of hydrogen-bond donors (Lipinski definition) is 2. The van der Waals surface area contributed by atoms with Crippen LogP contribution in [0.2, 0.25) is 5.02 Å². The molecule has 0 atom stereocenters.